The fraction of sp³-hybridized carbons (Fsp3) is 0.0952. The van der Waals surface area contributed by atoms with Gasteiger partial charge in [0.2, 0.25) is 0 Å². The normalized spacial score (nSPS) is 10.2. The molecule has 6 nitrogen and oxygen atoms in total. The molecule has 140 valence electrons. The maximum atomic E-state index is 13.1. The van der Waals surface area contributed by atoms with Crippen molar-refractivity contribution in [2.75, 3.05) is 11.9 Å². The van der Waals surface area contributed by atoms with Crippen LogP contribution in [0.25, 0.3) is 5.69 Å². The highest BCUT2D eigenvalue weighted by atomic mass is 19.1. The van der Waals surface area contributed by atoms with Gasteiger partial charge in [0.15, 0.2) is 0 Å². The molecule has 1 heterocycles. The molecule has 0 bridgehead atoms. The van der Waals surface area contributed by atoms with Gasteiger partial charge in [-0.05, 0) is 43.3 Å². The summed E-state index contributed by atoms with van der Waals surface area (Å²) in [5.74, 6) is 1.18. The first kappa shape index (κ1) is 18.9. The Hall–Kier alpha value is -3.92. The van der Waals surface area contributed by atoms with Gasteiger partial charge in [-0.15, -0.1) is 6.42 Å². The first-order chi connectivity index (χ1) is 13.5. The number of para-hydroxylation sites is 1. The SMILES string of the molecule is C#CCNC(=O)c1ccccc1NC(=O)c1cnn(-c2ccc(F)cc2)c1C. The van der Waals surface area contributed by atoms with Crippen molar-refractivity contribution in [3.63, 3.8) is 0 Å². The van der Waals surface area contributed by atoms with Crippen molar-refractivity contribution in [2.45, 2.75) is 6.92 Å². The maximum absolute atomic E-state index is 13.1. The number of anilines is 1. The second-order valence-electron chi connectivity index (χ2n) is 5.92. The number of halogens is 1. The molecular weight excluding hydrogens is 359 g/mol. The monoisotopic (exact) mass is 376 g/mol. The predicted molar refractivity (Wildman–Crippen MR) is 104 cm³/mol. The zero-order valence-electron chi connectivity index (χ0n) is 15.1. The third-order valence-corrected chi connectivity index (χ3v) is 4.10. The standard InChI is InChI=1S/C21H17FN4O2/c1-3-12-23-20(27)17-6-4-5-7-19(17)25-21(28)18-13-24-26(14(18)2)16-10-8-15(22)9-11-16/h1,4-11,13H,12H2,2H3,(H,23,27)(H,25,28). The van der Waals surface area contributed by atoms with Gasteiger partial charge >= 0.3 is 0 Å². The van der Waals surface area contributed by atoms with Crippen LogP contribution in [0, 0.1) is 25.1 Å². The summed E-state index contributed by atoms with van der Waals surface area (Å²) in [4.78, 5) is 25.0. The number of carbonyl (C=O) groups excluding carboxylic acids is 2. The van der Waals surface area contributed by atoms with E-state index in [9.17, 15) is 14.0 Å². The van der Waals surface area contributed by atoms with E-state index in [1.54, 1.807) is 48.0 Å². The summed E-state index contributed by atoms with van der Waals surface area (Å²) in [5.41, 5.74) is 2.21. The summed E-state index contributed by atoms with van der Waals surface area (Å²) in [5, 5.41) is 9.51. The average molecular weight is 376 g/mol. The number of amides is 2. The van der Waals surface area contributed by atoms with Crippen LogP contribution >= 0.6 is 0 Å². The Morgan fingerprint density at radius 2 is 1.82 bits per heavy atom. The molecule has 0 atom stereocenters. The molecule has 1 aromatic heterocycles. The highest BCUT2D eigenvalue weighted by molar-refractivity contribution is 6.09. The number of nitrogens with zero attached hydrogens (tertiary/aromatic N) is 2. The molecule has 0 fully saturated rings. The number of aromatic nitrogens is 2. The van der Waals surface area contributed by atoms with Gasteiger partial charge in [-0.1, -0.05) is 18.1 Å². The Morgan fingerprint density at radius 3 is 2.54 bits per heavy atom. The number of terminal acetylenes is 1. The van der Waals surface area contributed by atoms with E-state index in [2.05, 4.69) is 21.7 Å². The molecule has 0 unspecified atom stereocenters. The highest BCUT2D eigenvalue weighted by Gasteiger charge is 2.18. The van der Waals surface area contributed by atoms with Gasteiger partial charge in [-0.2, -0.15) is 5.10 Å². The molecule has 7 heteroatoms. The van der Waals surface area contributed by atoms with Crippen molar-refractivity contribution >= 4 is 17.5 Å². The van der Waals surface area contributed by atoms with Gasteiger partial charge in [0.05, 0.1) is 40.9 Å². The summed E-state index contributed by atoms with van der Waals surface area (Å²) >= 11 is 0. The minimum Gasteiger partial charge on any atom is -0.341 e. The zero-order valence-corrected chi connectivity index (χ0v) is 15.1. The van der Waals surface area contributed by atoms with E-state index >= 15 is 0 Å². The van der Waals surface area contributed by atoms with E-state index < -0.39 is 5.91 Å². The fourth-order valence-corrected chi connectivity index (χ4v) is 2.68. The molecule has 2 aromatic carbocycles. The third kappa shape index (κ3) is 3.91. The Morgan fingerprint density at radius 1 is 1.11 bits per heavy atom. The Balaban J connectivity index is 1.84. The van der Waals surface area contributed by atoms with Crippen LogP contribution in [0.2, 0.25) is 0 Å². The summed E-state index contributed by atoms with van der Waals surface area (Å²) in [6.07, 6.45) is 6.59. The van der Waals surface area contributed by atoms with Crippen LogP contribution in [0.15, 0.2) is 54.7 Å². The van der Waals surface area contributed by atoms with E-state index in [0.717, 1.165) is 0 Å². The lowest BCUT2D eigenvalue weighted by atomic mass is 10.1. The largest absolute Gasteiger partial charge is 0.341 e. The topological polar surface area (TPSA) is 76.0 Å². The van der Waals surface area contributed by atoms with Crippen molar-refractivity contribution in [1.29, 1.82) is 0 Å². The van der Waals surface area contributed by atoms with Crippen LogP contribution in [0.5, 0.6) is 0 Å². The molecule has 0 aliphatic carbocycles. The zero-order chi connectivity index (χ0) is 20.1. The smallest absolute Gasteiger partial charge is 0.259 e. The van der Waals surface area contributed by atoms with Crippen molar-refractivity contribution in [1.82, 2.24) is 15.1 Å². The molecule has 3 aromatic rings. The summed E-state index contributed by atoms with van der Waals surface area (Å²) in [6, 6.07) is 12.4. The number of benzene rings is 2. The molecule has 2 N–H and O–H groups in total. The van der Waals surface area contributed by atoms with E-state index in [1.165, 1.54) is 18.3 Å². The Kier molecular flexibility index (Phi) is 5.51. The lowest BCUT2D eigenvalue weighted by molar-refractivity contribution is 0.0959. The first-order valence-electron chi connectivity index (χ1n) is 8.44. The molecule has 0 spiro atoms. The van der Waals surface area contributed by atoms with E-state index in [4.69, 9.17) is 6.42 Å². The van der Waals surface area contributed by atoms with Gasteiger partial charge in [0.25, 0.3) is 11.8 Å². The fourth-order valence-electron chi connectivity index (χ4n) is 2.68. The van der Waals surface area contributed by atoms with Crippen LogP contribution in [0.1, 0.15) is 26.4 Å². The van der Waals surface area contributed by atoms with Crippen LogP contribution in [-0.4, -0.2) is 28.1 Å². The Labute approximate surface area is 161 Å². The number of carbonyl (C=O) groups is 2. The van der Waals surface area contributed by atoms with Gasteiger partial charge in [-0.3, -0.25) is 9.59 Å². The van der Waals surface area contributed by atoms with E-state index in [1.807, 2.05) is 0 Å². The minimum atomic E-state index is -0.414. The van der Waals surface area contributed by atoms with E-state index in [-0.39, 0.29) is 18.3 Å². The lowest BCUT2D eigenvalue weighted by Crippen LogP contribution is -2.25. The molecule has 0 saturated carbocycles. The van der Waals surface area contributed by atoms with Crippen LogP contribution in [-0.2, 0) is 0 Å². The van der Waals surface area contributed by atoms with Gasteiger partial charge < -0.3 is 10.6 Å². The molecular formula is C21H17FN4O2. The van der Waals surface area contributed by atoms with Gasteiger partial charge in [0, 0.05) is 0 Å². The molecule has 3 rings (SSSR count). The van der Waals surface area contributed by atoms with Crippen LogP contribution in [0.3, 0.4) is 0 Å². The number of nitrogens with one attached hydrogen (secondary N) is 2. The van der Waals surface area contributed by atoms with Crippen LogP contribution in [0.4, 0.5) is 10.1 Å². The Bertz CT molecular complexity index is 1060. The molecule has 28 heavy (non-hydrogen) atoms. The molecule has 2 amide bonds. The molecule has 0 aliphatic heterocycles. The van der Waals surface area contributed by atoms with E-state index in [0.29, 0.717) is 28.2 Å². The molecule has 0 radical (unpaired) electrons. The quantitative estimate of drug-likeness (QED) is 0.673. The third-order valence-electron chi connectivity index (χ3n) is 4.10. The van der Waals surface area contributed by atoms with Gasteiger partial charge in [0.1, 0.15) is 5.82 Å². The second kappa shape index (κ2) is 8.18. The minimum absolute atomic E-state index is 0.0880. The molecule has 0 aliphatic rings. The summed E-state index contributed by atoms with van der Waals surface area (Å²) in [7, 11) is 0. The number of hydrogen-bond acceptors (Lipinski definition) is 3. The number of hydrogen-bond donors (Lipinski definition) is 2. The maximum Gasteiger partial charge on any atom is 0.259 e. The van der Waals surface area contributed by atoms with Crippen LogP contribution < -0.4 is 10.6 Å². The predicted octanol–water partition coefficient (Wildman–Crippen LogP) is 2.94. The number of rotatable bonds is 5. The first-order valence-corrected chi connectivity index (χ1v) is 8.44. The average Bonchev–Trinajstić information content (AvgIpc) is 3.08. The van der Waals surface area contributed by atoms with Gasteiger partial charge in [-0.25, -0.2) is 9.07 Å². The summed E-state index contributed by atoms with van der Waals surface area (Å²) < 4.78 is 14.7. The van der Waals surface area contributed by atoms with Crippen molar-refractivity contribution in [2.24, 2.45) is 0 Å². The second-order valence-corrected chi connectivity index (χ2v) is 5.92. The summed E-state index contributed by atoms with van der Waals surface area (Å²) in [6.45, 7) is 1.82. The highest BCUT2D eigenvalue weighted by Crippen LogP contribution is 2.19. The van der Waals surface area contributed by atoms with Crippen molar-refractivity contribution in [3.05, 3.63) is 77.4 Å². The molecule has 0 saturated heterocycles. The van der Waals surface area contributed by atoms with Crippen molar-refractivity contribution < 1.29 is 14.0 Å². The van der Waals surface area contributed by atoms with Crippen molar-refractivity contribution in [3.8, 4) is 18.0 Å². The lowest BCUT2D eigenvalue weighted by Gasteiger charge is -2.11.